The van der Waals surface area contributed by atoms with Gasteiger partial charge in [-0.1, -0.05) is 84.9 Å². The van der Waals surface area contributed by atoms with E-state index in [4.69, 9.17) is 9.47 Å². The summed E-state index contributed by atoms with van der Waals surface area (Å²) in [6.45, 7) is 2.38. The van der Waals surface area contributed by atoms with Crippen LogP contribution >= 0.6 is 0 Å². The zero-order chi connectivity index (χ0) is 30.9. The fraction of sp³-hybridized carbons (Fsp3) is 0.297. The Hall–Kier alpha value is -4.18. The molecule has 2 amide bonds. The number of β-amino-alcohol motifs (C(OH)–C–C–N with tert-alkyl or cyclic N) is 1. The van der Waals surface area contributed by atoms with Gasteiger partial charge in [-0.3, -0.25) is 19.4 Å². The van der Waals surface area contributed by atoms with E-state index in [-0.39, 0.29) is 43.3 Å². The van der Waals surface area contributed by atoms with Gasteiger partial charge in [0.15, 0.2) is 6.29 Å². The molecule has 3 heterocycles. The summed E-state index contributed by atoms with van der Waals surface area (Å²) in [4.78, 5) is 29.6. The van der Waals surface area contributed by atoms with E-state index < -0.39 is 6.29 Å². The van der Waals surface area contributed by atoms with Crippen molar-refractivity contribution >= 4 is 11.8 Å². The summed E-state index contributed by atoms with van der Waals surface area (Å²) in [5, 5.41) is 19.6. The van der Waals surface area contributed by atoms with Gasteiger partial charge >= 0.3 is 0 Å². The summed E-state index contributed by atoms with van der Waals surface area (Å²) in [5.41, 5.74) is 6.44. The molecule has 3 aliphatic rings. The van der Waals surface area contributed by atoms with Crippen molar-refractivity contribution in [3.05, 3.63) is 130 Å². The van der Waals surface area contributed by atoms with Gasteiger partial charge in [0.2, 0.25) is 0 Å². The van der Waals surface area contributed by atoms with E-state index in [1.807, 2.05) is 72.8 Å². The average molecular weight is 605 g/mol. The summed E-state index contributed by atoms with van der Waals surface area (Å²) in [6.07, 6.45) is 0.307. The molecule has 45 heavy (non-hydrogen) atoms. The van der Waals surface area contributed by atoms with E-state index in [2.05, 4.69) is 4.90 Å². The van der Waals surface area contributed by atoms with Crippen LogP contribution in [0.3, 0.4) is 0 Å². The molecule has 8 nitrogen and oxygen atoms in total. The number of aliphatic hydroxyl groups is 2. The smallest absolute Gasteiger partial charge is 0.261 e. The van der Waals surface area contributed by atoms with Crippen LogP contribution in [0.4, 0.5) is 0 Å². The van der Waals surface area contributed by atoms with E-state index in [0.717, 1.165) is 46.3 Å². The normalized spacial score (nSPS) is 23.5. The van der Waals surface area contributed by atoms with Gasteiger partial charge in [-0.2, -0.15) is 0 Å². The molecule has 0 spiro atoms. The van der Waals surface area contributed by atoms with Crippen LogP contribution < -0.4 is 0 Å². The summed E-state index contributed by atoms with van der Waals surface area (Å²) in [5.74, 6) is -0.545. The number of carbonyl (C=O) groups is 2. The van der Waals surface area contributed by atoms with Crippen LogP contribution in [0.2, 0.25) is 0 Å². The number of hydrogen-bond acceptors (Lipinski definition) is 7. The van der Waals surface area contributed by atoms with Crippen molar-refractivity contribution in [1.82, 2.24) is 9.80 Å². The number of imide groups is 1. The zero-order valence-electron chi connectivity index (χ0n) is 24.9. The van der Waals surface area contributed by atoms with Crippen molar-refractivity contribution in [2.45, 2.75) is 50.6 Å². The number of nitrogens with zero attached hydrogens (tertiary/aromatic N) is 2. The standard InChI is InChI=1S/C37H36N2O6/c40-23-24-9-11-26(12-10-24)34-19-30(22-38-18-17-29(41)21-38)44-37(45-34)27-15-13-25(14-16-27)31-6-2-1-5-28(31)20-39-35(42)32-7-3-4-8-33(32)36(39)43/h1-16,29-30,34,37,40-41H,17-23H2/t29-,30+,34-,37-/m0/s1. The maximum atomic E-state index is 13.0. The topological polar surface area (TPSA) is 99.5 Å². The highest BCUT2D eigenvalue weighted by molar-refractivity contribution is 6.21. The molecule has 0 aromatic heterocycles. The fourth-order valence-electron chi connectivity index (χ4n) is 6.61. The van der Waals surface area contributed by atoms with Gasteiger partial charge in [-0.05, 0) is 46.4 Å². The summed E-state index contributed by atoms with van der Waals surface area (Å²) in [6, 6.07) is 30.7. The van der Waals surface area contributed by atoms with Crippen molar-refractivity contribution in [2.75, 3.05) is 19.6 Å². The van der Waals surface area contributed by atoms with Crippen molar-refractivity contribution < 1.29 is 29.3 Å². The first-order valence-electron chi connectivity index (χ1n) is 15.5. The van der Waals surface area contributed by atoms with Gasteiger partial charge in [0.1, 0.15) is 0 Å². The molecule has 230 valence electrons. The van der Waals surface area contributed by atoms with Crippen molar-refractivity contribution in [3.8, 4) is 11.1 Å². The molecule has 0 aliphatic carbocycles. The molecular weight excluding hydrogens is 568 g/mol. The van der Waals surface area contributed by atoms with Gasteiger partial charge in [-0.25, -0.2) is 0 Å². The highest BCUT2D eigenvalue weighted by atomic mass is 16.7. The number of amides is 2. The van der Waals surface area contributed by atoms with Gasteiger partial charge in [0.05, 0.1) is 42.6 Å². The minimum Gasteiger partial charge on any atom is -0.392 e. The first-order chi connectivity index (χ1) is 22.0. The van der Waals surface area contributed by atoms with E-state index in [1.54, 1.807) is 24.3 Å². The number of likely N-dealkylation sites (tertiary alicyclic amines) is 1. The maximum Gasteiger partial charge on any atom is 0.261 e. The zero-order valence-corrected chi connectivity index (χ0v) is 24.9. The van der Waals surface area contributed by atoms with Crippen LogP contribution in [0.1, 0.15) is 68.2 Å². The van der Waals surface area contributed by atoms with Gasteiger partial charge in [-0.15, -0.1) is 0 Å². The predicted octanol–water partition coefficient (Wildman–Crippen LogP) is 5.25. The Morgan fingerprint density at radius 1 is 0.756 bits per heavy atom. The first kappa shape index (κ1) is 29.5. The molecule has 4 atom stereocenters. The number of aliphatic hydroxyl groups excluding tert-OH is 2. The first-order valence-corrected chi connectivity index (χ1v) is 15.5. The monoisotopic (exact) mass is 604 g/mol. The molecule has 3 aliphatic heterocycles. The van der Waals surface area contributed by atoms with E-state index in [1.165, 1.54) is 4.90 Å². The molecule has 2 fully saturated rings. The van der Waals surface area contributed by atoms with E-state index in [0.29, 0.717) is 30.6 Å². The molecule has 7 rings (SSSR count). The number of fused-ring (bicyclic) bond motifs is 1. The van der Waals surface area contributed by atoms with Gasteiger partial charge < -0.3 is 19.7 Å². The van der Waals surface area contributed by atoms with Crippen LogP contribution in [0, 0.1) is 0 Å². The molecule has 8 heteroatoms. The Bertz CT molecular complexity index is 1650. The van der Waals surface area contributed by atoms with Crippen LogP contribution in [0.5, 0.6) is 0 Å². The lowest BCUT2D eigenvalue weighted by atomic mass is 9.97. The molecule has 0 radical (unpaired) electrons. The number of benzene rings is 4. The molecule has 4 aromatic carbocycles. The summed E-state index contributed by atoms with van der Waals surface area (Å²) >= 11 is 0. The SMILES string of the molecule is O=C1c2ccccc2C(=O)N1Cc1ccccc1-c1ccc([C@H]2O[C@@H](CN3CC[C@H](O)C3)C[C@@H](c3ccc(CO)cc3)O2)cc1. The Morgan fingerprint density at radius 2 is 1.40 bits per heavy atom. The lowest BCUT2D eigenvalue weighted by Crippen LogP contribution is -2.38. The number of ether oxygens (including phenoxy) is 2. The lowest BCUT2D eigenvalue weighted by molar-refractivity contribution is -0.252. The summed E-state index contributed by atoms with van der Waals surface area (Å²) in [7, 11) is 0. The van der Waals surface area contributed by atoms with Crippen LogP contribution in [0.25, 0.3) is 11.1 Å². The molecule has 0 unspecified atom stereocenters. The molecule has 4 aromatic rings. The predicted molar refractivity (Wildman–Crippen MR) is 168 cm³/mol. The minimum absolute atomic E-state index is 0.00870. The van der Waals surface area contributed by atoms with Crippen LogP contribution in [-0.4, -0.2) is 63.7 Å². The average Bonchev–Trinajstić information content (AvgIpc) is 3.60. The third kappa shape index (κ3) is 6.08. The lowest BCUT2D eigenvalue weighted by Gasteiger charge is -2.38. The Morgan fingerprint density at radius 3 is 2.04 bits per heavy atom. The molecule has 0 bridgehead atoms. The van der Waals surface area contributed by atoms with Gasteiger partial charge in [0.25, 0.3) is 11.8 Å². The van der Waals surface area contributed by atoms with Crippen molar-refractivity contribution in [2.24, 2.45) is 0 Å². The highest BCUT2D eigenvalue weighted by Crippen LogP contribution is 2.39. The largest absolute Gasteiger partial charge is 0.392 e. The third-order valence-electron chi connectivity index (χ3n) is 9.04. The summed E-state index contributed by atoms with van der Waals surface area (Å²) < 4.78 is 13.0. The molecule has 2 N–H and O–H groups in total. The second-order valence-corrected chi connectivity index (χ2v) is 12.1. The Kier molecular flexibility index (Phi) is 8.31. The second-order valence-electron chi connectivity index (χ2n) is 12.1. The number of rotatable bonds is 8. The number of hydrogen-bond donors (Lipinski definition) is 2. The highest BCUT2D eigenvalue weighted by Gasteiger charge is 2.36. The molecule has 0 saturated carbocycles. The minimum atomic E-state index is -0.582. The number of carbonyl (C=O) groups excluding carboxylic acids is 2. The third-order valence-corrected chi connectivity index (χ3v) is 9.04. The Balaban J connectivity index is 1.11. The molecule has 2 saturated heterocycles. The second kappa shape index (κ2) is 12.7. The van der Waals surface area contributed by atoms with Crippen molar-refractivity contribution in [3.63, 3.8) is 0 Å². The van der Waals surface area contributed by atoms with Crippen LogP contribution in [0.15, 0.2) is 97.1 Å². The van der Waals surface area contributed by atoms with E-state index in [9.17, 15) is 19.8 Å². The van der Waals surface area contributed by atoms with Crippen LogP contribution in [-0.2, 0) is 22.6 Å². The maximum absolute atomic E-state index is 13.0. The molecular formula is C37H36N2O6. The van der Waals surface area contributed by atoms with E-state index >= 15 is 0 Å². The van der Waals surface area contributed by atoms with Crippen molar-refractivity contribution in [1.29, 1.82) is 0 Å². The van der Waals surface area contributed by atoms with Gasteiger partial charge in [0, 0.05) is 31.6 Å². The fourth-order valence-corrected chi connectivity index (χ4v) is 6.61. The Labute approximate surface area is 262 Å². The quantitative estimate of drug-likeness (QED) is 0.265.